The van der Waals surface area contributed by atoms with Crippen LogP contribution in [-0.4, -0.2) is 62.8 Å². The molecule has 2 saturated heterocycles. The van der Waals surface area contributed by atoms with E-state index in [1.807, 2.05) is 18.2 Å². The summed E-state index contributed by atoms with van der Waals surface area (Å²) in [6, 6.07) is 10.2. The number of benzene rings is 1. The Balaban J connectivity index is 2.03. The quantitative estimate of drug-likeness (QED) is 0.799. The molecular weight excluding hydrogens is 292 g/mol. The first kappa shape index (κ1) is 16.3. The van der Waals surface area contributed by atoms with Gasteiger partial charge in [0.2, 0.25) is 0 Å². The summed E-state index contributed by atoms with van der Waals surface area (Å²) >= 11 is 0. The molecule has 126 valence electrons. The summed E-state index contributed by atoms with van der Waals surface area (Å²) < 4.78 is 11.2. The van der Waals surface area contributed by atoms with E-state index in [1.54, 1.807) is 6.92 Å². The highest BCUT2D eigenvalue weighted by molar-refractivity contribution is 5.61. The van der Waals surface area contributed by atoms with E-state index in [9.17, 15) is 4.79 Å². The molecule has 0 radical (unpaired) electrons. The smallest absolute Gasteiger partial charge is 0.435 e. The summed E-state index contributed by atoms with van der Waals surface area (Å²) in [4.78, 5) is 16.9. The van der Waals surface area contributed by atoms with Crippen molar-refractivity contribution in [1.29, 1.82) is 0 Å². The largest absolute Gasteiger partial charge is 0.509 e. The number of likely N-dealkylation sites (tertiary alicyclic amines) is 2. The normalized spacial score (nSPS) is 31.6. The number of fused-ring (bicyclic) bond motifs is 2. The summed E-state index contributed by atoms with van der Waals surface area (Å²) in [5.41, 5.74) is 0.497. The summed E-state index contributed by atoms with van der Waals surface area (Å²) in [5, 5.41) is 0. The minimum Gasteiger partial charge on any atom is -0.435 e. The van der Waals surface area contributed by atoms with Crippen LogP contribution in [0.3, 0.4) is 0 Å². The minimum atomic E-state index is -0.591. The van der Waals surface area contributed by atoms with Gasteiger partial charge in [0.15, 0.2) is 5.60 Å². The van der Waals surface area contributed by atoms with Gasteiger partial charge in [0.25, 0.3) is 0 Å². The second-order valence-corrected chi connectivity index (χ2v) is 6.78. The summed E-state index contributed by atoms with van der Waals surface area (Å²) in [6.45, 7) is 5.78. The molecule has 23 heavy (non-hydrogen) atoms. The van der Waals surface area contributed by atoms with E-state index in [4.69, 9.17) is 9.47 Å². The SMILES string of the molecule is CCOC(=O)OC1(c2ccccc2)C2CN(C)CC1CN(C)C2. The third kappa shape index (κ3) is 2.95. The molecule has 2 fully saturated rings. The Bertz CT molecular complexity index is 518. The zero-order valence-corrected chi connectivity index (χ0v) is 14.2. The van der Waals surface area contributed by atoms with Gasteiger partial charge in [-0.25, -0.2) is 4.79 Å². The molecule has 2 bridgehead atoms. The maximum atomic E-state index is 12.2. The third-order valence-electron chi connectivity index (χ3n) is 5.08. The van der Waals surface area contributed by atoms with Gasteiger partial charge in [0, 0.05) is 38.0 Å². The van der Waals surface area contributed by atoms with Gasteiger partial charge in [-0.3, -0.25) is 0 Å². The third-order valence-corrected chi connectivity index (χ3v) is 5.08. The molecule has 3 rings (SSSR count). The number of carbonyl (C=O) groups is 1. The second kappa shape index (κ2) is 6.49. The van der Waals surface area contributed by atoms with Crippen LogP contribution in [0.15, 0.2) is 30.3 Å². The van der Waals surface area contributed by atoms with Gasteiger partial charge in [0.1, 0.15) is 0 Å². The zero-order chi connectivity index (χ0) is 16.4. The molecule has 0 saturated carbocycles. The molecule has 2 aliphatic heterocycles. The number of rotatable bonds is 3. The summed E-state index contributed by atoms with van der Waals surface area (Å²) in [7, 11) is 4.29. The van der Waals surface area contributed by atoms with Gasteiger partial charge in [-0.05, 0) is 26.6 Å². The van der Waals surface area contributed by atoms with E-state index in [-0.39, 0.29) is 11.8 Å². The van der Waals surface area contributed by atoms with E-state index in [0.29, 0.717) is 6.61 Å². The molecule has 5 nitrogen and oxygen atoms in total. The maximum absolute atomic E-state index is 12.2. The Morgan fingerprint density at radius 3 is 2.09 bits per heavy atom. The zero-order valence-electron chi connectivity index (χ0n) is 14.2. The van der Waals surface area contributed by atoms with Crippen LogP contribution in [0.4, 0.5) is 4.79 Å². The molecule has 0 atom stereocenters. The molecular formula is C18H26N2O3. The first-order valence-corrected chi connectivity index (χ1v) is 8.34. The fourth-order valence-corrected chi connectivity index (χ4v) is 4.33. The highest BCUT2D eigenvalue weighted by atomic mass is 16.7. The highest BCUT2D eigenvalue weighted by Gasteiger charge is 2.56. The molecule has 0 N–H and O–H groups in total. The van der Waals surface area contributed by atoms with Crippen molar-refractivity contribution in [2.75, 3.05) is 46.9 Å². The van der Waals surface area contributed by atoms with E-state index in [0.717, 1.165) is 31.7 Å². The molecule has 0 unspecified atom stereocenters. The van der Waals surface area contributed by atoms with Gasteiger partial charge < -0.3 is 19.3 Å². The molecule has 2 heterocycles. The molecule has 1 aromatic carbocycles. The lowest BCUT2D eigenvalue weighted by atomic mass is 9.66. The monoisotopic (exact) mass is 318 g/mol. The lowest BCUT2D eigenvalue weighted by Gasteiger charge is -2.56. The Morgan fingerprint density at radius 1 is 1.09 bits per heavy atom. The molecule has 0 aliphatic carbocycles. The summed E-state index contributed by atoms with van der Waals surface area (Å²) in [5.74, 6) is 0.466. The van der Waals surface area contributed by atoms with E-state index >= 15 is 0 Å². The fourth-order valence-electron chi connectivity index (χ4n) is 4.33. The van der Waals surface area contributed by atoms with Crippen molar-refractivity contribution in [3.05, 3.63) is 35.9 Å². The van der Waals surface area contributed by atoms with Crippen molar-refractivity contribution in [3.8, 4) is 0 Å². The number of hydrogen-bond donors (Lipinski definition) is 0. The van der Waals surface area contributed by atoms with Gasteiger partial charge in [-0.15, -0.1) is 0 Å². The van der Waals surface area contributed by atoms with E-state index in [1.165, 1.54) is 0 Å². The number of piperidine rings is 2. The first-order valence-electron chi connectivity index (χ1n) is 8.34. The van der Waals surface area contributed by atoms with Crippen LogP contribution in [-0.2, 0) is 15.1 Å². The summed E-state index contributed by atoms with van der Waals surface area (Å²) in [6.07, 6.45) is -0.555. The van der Waals surface area contributed by atoms with Crippen LogP contribution in [0, 0.1) is 11.8 Å². The van der Waals surface area contributed by atoms with E-state index in [2.05, 4.69) is 36.0 Å². The standard InChI is InChI=1S/C18H26N2O3/c1-4-22-17(21)23-18(14-8-6-5-7-9-14)15-10-19(2)11-16(18)13-20(3)12-15/h5-9,15-16H,4,10-13H2,1-3H3. The van der Waals surface area contributed by atoms with Crippen molar-refractivity contribution in [3.63, 3.8) is 0 Å². The van der Waals surface area contributed by atoms with Gasteiger partial charge in [0.05, 0.1) is 6.61 Å². The van der Waals surface area contributed by atoms with E-state index < -0.39 is 11.8 Å². The Kier molecular flexibility index (Phi) is 4.60. The lowest BCUT2D eigenvalue weighted by molar-refractivity contribution is -0.172. The number of nitrogens with zero attached hydrogens (tertiary/aromatic N) is 2. The minimum absolute atomic E-state index is 0.233. The predicted molar refractivity (Wildman–Crippen MR) is 88.2 cm³/mol. The topological polar surface area (TPSA) is 42.0 Å². The van der Waals surface area contributed by atoms with Crippen molar-refractivity contribution in [1.82, 2.24) is 9.80 Å². The first-order chi connectivity index (χ1) is 11.1. The average Bonchev–Trinajstić information content (AvgIpc) is 2.50. The Labute approximate surface area is 138 Å². The highest BCUT2D eigenvalue weighted by Crippen LogP contribution is 2.47. The van der Waals surface area contributed by atoms with Crippen LogP contribution in [0.1, 0.15) is 12.5 Å². The number of hydrogen-bond acceptors (Lipinski definition) is 5. The van der Waals surface area contributed by atoms with Gasteiger partial charge in [-0.1, -0.05) is 30.3 Å². The number of carbonyl (C=O) groups excluding carboxylic acids is 1. The van der Waals surface area contributed by atoms with Gasteiger partial charge >= 0.3 is 6.16 Å². The molecule has 0 spiro atoms. The van der Waals surface area contributed by atoms with Crippen LogP contribution in [0.2, 0.25) is 0 Å². The fraction of sp³-hybridized carbons (Fsp3) is 0.611. The molecule has 1 aromatic rings. The van der Waals surface area contributed by atoms with Crippen LogP contribution in [0.25, 0.3) is 0 Å². The molecule has 0 amide bonds. The van der Waals surface area contributed by atoms with Crippen molar-refractivity contribution in [2.24, 2.45) is 11.8 Å². The Morgan fingerprint density at radius 2 is 1.61 bits per heavy atom. The van der Waals surface area contributed by atoms with Crippen LogP contribution < -0.4 is 0 Å². The average molecular weight is 318 g/mol. The van der Waals surface area contributed by atoms with Gasteiger partial charge in [-0.2, -0.15) is 0 Å². The van der Waals surface area contributed by atoms with Crippen LogP contribution in [0.5, 0.6) is 0 Å². The maximum Gasteiger partial charge on any atom is 0.509 e. The molecule has 2 aliphatic rings. The molecule has 5 heteroatoms. The Hall–Kier alpha value is -1.59. The lowest BCUT2D eigenvalue weighted by Crippen LogP contribution is -2.65. The predicted octanol–water partition coefficient (Wildman–Crippen LogP) is 2.18. The van der Waals surface area contributed by atoms with Crippen molar-refractivity contribution in [2.45, 2.75) is 12.5 Å². The number of ether oxygens (including phenoxy) is 2. The second-order valence-electron chi connectivity index (χ2n) is 6.78. The van der Waals surface area contributed by atoms with Crippen LogP contribution >= 0.6 is 0 Å². The molecule has 0 aromatic heterocycles. The van der Waals surface area contributed by atoms with Crippen molar-refractivity contribution >= 4 is 6.16 Å². The van der Waals surface area contributed by atoms with Crippen molar-refractivity contribution < 1.29 is 14.3 Å².